The monoisotopic (exact) mass is 312 g/mol. The number of anilines is 1. The summed E-state index contributed by atoms with van der Waals surface area (Å²) in [5, 5.41) is 5.78. The molecule has 0 aliphatic heterocycles. The van der Waals surface area contributed by atoms with E-state index in [1.165, 1.54) is 0 Å². The van der Waals surface area contributed by atoms with Crippen LogP contribution in [0.2, 0.25) is 0 Å². The van der Waals surface area contributed by atoms with E-state index in [0.29, 0.717) is 18.7 Å². The Morgan fingerprint density at radius 1 is 1.19 bits per heavy atom. The molecule has 0 saturated carbocycles. The van der Waals surface area contributed by atoms with Gasteiger partial charge in [-0.3, -0.25) is 4.79 Å². The number of hydrogen-bond donors (Lipinski definition) is 2. The predicted molar refractivity (Wildman–Crippen MR) is 85.2 cm³/mol. The molecular weight excluding hydrogens is 288 g/mol. The standard InChI is InChI=1S/C15H24N2O3S/c1-4-10-16-15(18)12(3)17-13-8-6-7-9-14(13)21(19,20)11-5-2/h6-9,12,17H,4-5,10-11H2,1-3H3,(H,16,18). The van der Waals surface area contributed by atoms with Crippen LogP contribution in [0.1, 0.15) is 33.6 Å². The average molecular weight is 312 g/mol. The van der Waals surface area contributed by atoms with Crippen molar-refractivity contribution in [2.45, 2.75) is 44.6 Å². The highest BCUT2D eigenvalue weighted by molar-refractivity contribution is 7.91. The highest BCUT2D eigenvalue weighted by Crippen LogP contribution is 2.23. The summed E-state index contributed by atoms with van der Waals surface area (Å²) in [5.74, 6) is -0.0400. The molecule has 0 aromatic heterocycles. The number of benzene rings is 1. The van der Waals surface area contributed by atoms with Crippen LogP contribution < -0.4 is 10.6 Å². The number of amides is 1. The van der Waals surface area contributed by atoms with Crippen molar-refractivity contribution in [2.24, 2.45) is 0 Å². The summed E-state index contributed by atoms with van der Waals surface area (Å²) < 4.78 is 24.5. The van der Waals surface area contributed by atoms with Crippen molar-refractivity contribution in [3.8, 4) is 0 Å². The summed E-state index contributed by atoms with van der Waals surface area (Å²) >= 11 is 0. The van der Waals surface area contributed by atoms with Crippen LogP contribution >= 0.6 is 0 Å². The van der Waals surface area contributed by atoms with Gasteiger partial charge in [-0.2, -0.15) is 0 Å². The van der Waals surface area contributed by atoms with E-state index in [1.54, 1.807) is 31.2 Å². The molecule has 0 radical (unpaired) electrons. The molecule has 118 valence electrons. The molecule has 0 fully saturated rings. The minimum absolute atomic E-state index is 0.0993. The molecule has 1 rings (SSSR count). The predicted octanol–water partition coefficient (Wildman–Crippen LogP) is 2.20. The third-order valence-corrected chi connectivity index (χ3v) is 4.98. The molecule has 1 atom stereocenters. The summed E-state index contributed by atoms with van der Waals surface area (Å²) in [7, 11) is -3.32. The summed E-state index contributed by atoms with van der Waals surface area (Å²) in [4.78, 5) is 12.1. The lowest BCUT2D eigenvalue weighted by Crippen LogP contribution is -2.38. The number of rotatable bonds is 8. The quantitative estimate of drug-likeness (QED) is 0.771. The zero-order valence-electron chi connectivity index (χ0n) is 12.8. The van der Waals surface area contributed by atoms with Gasteiger partial charge in [-0.1, -0.05) is 26.0 Å². The highest BCUT2D eigenvalue weighted by Gasteiger charge is 2.20. The van der Waals surface area contributed by atoms with Gasteiger partial charge in [0.05, 0.1) is 16.3 Å². The molecule has 0 bridgehead atoms. The Labute approximate surface area is 127 Å². The maximum Gasteiger partial charge on any atom is 0.242 e. The molecule has 1 unspecified atom stereocenters. The van der Waals surface area contributed by atoms with Gasteiger partial charge in [0, 0.05) is 6.54 Å². The Morgan fingerprint density at radius 3 is 2.48 bits per heavy atom. The van der Waals surface area contributed by atoms with Crippen LogP contribution in [0, 0.1) is 0 Å². The molecular formula is C15H24N2O3S. The minimum Gasteiger partial charge on any atom is -0.373 e. The molecule has 0 heterocycles. The first kappa shape index (κ1) is 17.5. The first-order valence-electron chi connectivity index (χ1n) is 7.28. The molecule has 0 aliphatic rings. The van der Waals surface area contributed by atoms with Crippen molar-refractivity contribution in [3.63, 3.8) is 0 Å². The molecule has 1 aromatic carbocycles. The lowest BCUT2D eigenvalue weighted by atomic mass is 10.2. The van der Waals surface area contributed by atoms with E-state index >= 15 is 0 Å². The van der Waals surface area contributed by atoms with Crippen LogP contribution in [0.15, 0.2) is 29.2 Å². The SMILES string of the molecule is CCCNC(=O)C(C)Nc1ccccc1S(=O)(=O)CCC. The van der Waals surface area contributed by atoms with E-state index in [-0.39, 0.29) is 16.6 Å². The van der Waals surface area contributed by atoms with E-state index < -0.39 is 15.9 Å². The molecule has 1 amide bonds. The fraction of sp³-hybridized carbons (Fsp3) is 0.533. The second-order valence-electron chi connectivity index (χ2n) is 4.97. The van der Waals surface area contributed by atoms with E-state index in [2.05, 4.69) is 10.6 Å². The van der Waals surface area contributed by atoms with E-state index in [1.807, 2.05) is 13.8 Å². The van der Waals surface area contributed by atoms with Crippen LogP contribution in [0.5, 0.6) is 0 Å². The smallest absolute Gasteiger partial charge is 0.242 e. The third kappa shape index (κ3) is 5.04. The molecule has 0 saturated heterocycles. The van der Waals surface area contributed by atoms with Crippen LogP contribution in [-0.2, 0) is 14.6 Å². The molecule has 2 N–H and O–H groups in total. The molecule has 5 nitrogen and oxygen atoms in total. The lowest BCUT2D eigenvalue weighted by Gasteiger charge is -2.17. The zero-order chi connectivity index (χ0) is 15.9. The molecule has 1 aromatic rings. The Kier molecular flexibility index (Phi) is 6.68. The second kappa shape index (κ2) is 8.02. The normalized spacial score (nSPS) is 12.7. The molecule has 0 aliphatic carbocycles. The van der Waals surface area contributed by atoms with Crippen LogP contribution in [0.4, 0.5) is 5.69 Å². The summed E-state index contributed by atoms with van der Waals surface area (Å²) in [6.07, 6.45) is 1.42. The topological polar surface area (TPSA) is 75.3 Å². The maximum atomic E-state index is 12.2. The summed E-state index contributed by atoms with van der Waals surface area (Å²) in [6, 6.07) is 6.21. The summed E-state index contributed by atoms with van der Waals surface area (Å²) in [5.41, 5.74) is 0.477. The van der Waals surface area contributed by atoms with Crippen molar-refractivity contribution in [1.29, 1.82) is 0 Å². The lowest BCUT2D eigenvalue weighted by molar-refractivity contribution is -0.121. The van der Waals surface area contributed by atoms with Crippen molar-refractivity contribution in [1.82, 2.24) is 5.32 Å². The van der Waals surface area contributed by atoms with Gasteiger partial charge in [0.15, 0.2) is 9.84 Å². The first-order chi connectivity index (χ1) is 9.92. The van der Waals surface area contributed by atoms with Gasteiger partial charge < -0.3 is 10.6 Å². The number of carbonyl (C=O) groups is 1. The van der Waals surface area contributed by atoms with E-state index in [4.69, 9.17) is 0 Å². The van der Waals surface area contributed by atoms with Crippen molar-refractivity contribution < 1.29 is 13.2 Å². The van der Waals surface area contributed by atoms with Gasteiger partial charge in [0.25, 0.3) is 0 Å². The number of nitrogens with one attached hydrogen (secondary N) is 2. The van der Waals surface area contributed by atoms with Gasteiger partial charge in [-0.25, -0.2) is 8.42 Å². The van der Waals surface area contributed by atoms with Crippen molar-refractivity contribution >= 4 is 21.4 Å². The maximum absolute atomic E-state index is 12.2. The zero-order valence-corrected chi connectivity index (χ0v) is 13.7. The summed E-state index contributed by atoms with van der Waals surface area (Å²) in [6.45, 7) is 6.13. The number of hydrogen-bond acceptors (Lipinski definition) is 4. The van der Waals surface area contributed by atoms with Crippen molar-refractivity contribution in [2.75, 3.05) is 17.6 Å². The Hall–Kier alpha value is -1.56. The third-order valence-electron chi connectivity index (χ3n) is 3.01. The van der Waals surface area contributed by atoms with E-state index in [0.717, 1.165) is 6.42 Å². The van der Waals surface area contributed by atoms with Gasteiger partial charge >= 0.3 is 0 Å². The fourth-order valence-electron chi connectivity index (χ4n) is 1.94. The van der Waals surface area contributed by atoms with Crippen LogP contribution in [0.25, 0.3) is 0 Å². The van der Waals surface area contributed by atoms with Crippen LogP contribution in [-0.4, -0.2) is 32.7 Å². The first-order valence-corrected chi connectivity index (χ1v) is 8.93. The average Bonchev–Trinajstić information content (AvgIpc) is 2.45. The Balaban J connectivity index is 2.92. The van der Waals surface area contributed by atoms with Crippen LogP contribution in [0.3, 0.4) is 0 Å². The van der Waals surface area contributed by atoms with Gasteiger partial charge in [0.2, 0.25) is 5.91 Å². The number of sulfone groups is 1. The Bertz CT molecular complexity index is 570. The van der Waals surface area contributed by atoms with Gasteiger partial charge in [-0.05, 0) is 31.9 Å². The highest BCUT2D eigenvalue weighted by atomic mass is 32.2. The fourth-order valence-corrected chi connectivity index (χ4v) is 3.44. The largest absolute Gasteiger partial charge is 0.373 e. The second-order valence-corrected chi connectivity index (χ2v) is 7.05. The van der Waals surface area contributed by atoms with Crippen molar-refractivity contribution in [3.05, 3.63) is 24.3 Å². The molecule has 0 spiro atoms. The molecule has 6 heteroatoms. The number of carbonyl (C=O) groups excluding carboxylic acids is 1. The van der Waals surface area contributed by atoms with E-state index in [9.17, 15) is 13.2 Å². The minimum atomic E-state index is -3.32. The van der Waals surface area contributed by atoms with Gasteiger partial charge in [-0.15, -0.1) is 0 Å². The van der Waals surface area contributed by atoms with Gasteiger partial charge in [0.1, 0.15) is 6.04 Å². The Morgan fingerprint density at radius 2 is 1.86 bits per heavy atom. The number of para-hydroxylation sites is 1. The molecule has 21 heavy (non-hydrogen) atoms.